The highest BCUT2D eigenvalue weighted by Gasteiger charge is 2.38. The number of hydrogen-bond acceptors (Lipinski definition) is 5. The van der Waals surface area contributed by atoms with Crippen LogP contribution in [0.15, 0.2) is 0 Å². The van der Waals surface area contributed by atoms with E-state index >= 15 is 0 Å². The molecule has 2 aliphatic rings. The lowest BCUT2D eigenvalue weighted by molar-refractivity contribution is 0.0416. The number of amides is 2. The first-order valence-corrected chi connectivity index (χ1v) is 15.2. The van der Waals surface area contributed by atoms with Crippen molar-refractivity contribution in [2.24, 2.45) is 0 Å². The molecule has 2 atom stereocenters. The van der Waals surface area contributed by atoms with Gasteiger partial charge < -0.3 is 24.6 Å². The molecular formula is C19H37N3O4Si2. The Labute approximate surface area is 173 Å². The molecule has 2 aliphatic heterocycles. The third kappa shape index (κ3) is 8.12. The van der Waals surface area contributed by atoms with Gasteiger partial charge in [-0.15, -0.1) is 0 Å². The van der Waals surface area contributed by atoms with E-state index in [0.29, 0.717) is 39.4 Å². The molecule has 160 valence electrons. The van der Waals surface area contributed by atoms with Crippen LogP contribution in [0, 0.1) is 0 Å². The summed E-state index contributed by atoms with van der Waals surface area (Å²) < 4.78 is 10.9. The summed E-state index contributed by atoms with van der Waals surface area (Å²) in [5, 5.41) is 3.78. The van der Waals surface area contributed by atoms with E-state index in [-0.39, 0.29) is 29.3 Å². The molecule has 7 nitrogen and oxygen atoms in total. The molecule has 2 radical (unpaired) electrons. The van der Waals surface area contributed by atoms with Gasteiger partial charge in [-0.3, -0.25) is 0 Å². The van der Waals surface area contributed by atoms with Gasteiger partial charge in [-0.2, -0.15) is 0 Å². The van der Waals surface area contributed by atoms with Crippen LogP contribution in [0.3, 0.4) is 0 Å². The molecule has 0 aromatic heterocycles. The summed E-state index contributed by atoms with van der Waals surface area (Å²) in [6.07, 6.45) is -0.463. The second-order valence-electron chi connectivity index (χ2n) is 10.1. The van der Waals surface area contributed by atoms with Gasteiger partial charge >= 0.3 is 12.2 Å². The Morgan fingerprint density at radius 2 is 1.43 bits per heavy atom. The first-order valence-electron chi connectivity index (χ1n) is 10.3. The highest BCUT2D eigenvalue weighted by atomic mass is 28.3. The van der Waals surface area contributed by atoms with Crippen molar-refractivity contribution in [3.63, 3.8) is 0 Å². The van der Waals surface area contributed by atoms with E-state index in [2.05, 4.69) is 45.7 Å². The first kappa shape index (κ1) is 23.2. The van der Waals surface area contributed by atoms with Crippen LogP contribution < -0.4 is 5.32 Å². The van der Waals surface area contributed by atoms with Gasteiger partial charge in [0.2, 0.25) is 0 Å². The van der Waals surface area contributed by atoms with Crippen LogP contribution in [0.1, 0.15) is 20.8 Å². The van der Waals surface area contributed by atoms with Crippen LogP contribution in [0.5, 0.6) is 0 Å². The quantitative estimate of drug-likeness (QED) is 0.521. The second kappa shape index (κ2) is 9.62. The maximum absolute atomic E-state index is 12.4. The van der Waals surface area contributed by atoms with Crippen molar-refractivity contribution in [3.05, 3.63) is 0 Å². The summed E-state index contributed by atoms with van der Waals surface area (Å²) in [5.41, 5.74) is 0. The van der Waals surface area contributed by atoms with Crippen molar-refractivity contribution >= 4 is 29.8 Å². The average Bonchev–Trinajstić information content (AvgIpc) is 2.55. The topological polar surface area (TPSA) is 71.1 Å². The Kier molecular flexibility index (Phi) is 7.98. The molecule has 28 heavy (non-hydrogen) atoms. The van der Waals surface area contributed by atoms with E-state index < -0.39 is 8.07 Å². The van der Waals surface area contributed by atoms with Crippen molar-refractivity contribution in [2.75, 3.05) is 39.4 Å². The van der Waals surface area contributed by atoms with E-state index in [0.717, 1.165) is 21.6 Å². The summed E-state index contributed by atoms with van der Waals surface area (Å²) in [6, 6.07) is 2.03. The predicted octanol–water partition coefficient (Wildman–Crippen LogP) is 2.90. The standard InChI is InChI=1S/C19H37N3O4Si2/c1-19(2,3)27-9-7-25-17(23)21-11-15-13-22(14-16(12-21)20-15)18(24)26-8-10-28(4,5)6/h15-16,20H,7-14H2,1-6H3. The monoisotopic (exact) mass is 427 g/mol. The summed E-state index contributed by atoms with van der Waals surface area (Å²) in [6.45, 7) is 16.7. The lowest BCUT2D eigenvalue weighted by Crippen LogP contribution is -2.68. The van der Waals surface area contributed by atoms with E-state index in [1.54, 1.807) is 9.80 Å². The smallest absolute Gasteiger partial charge is 0.409 e. The number of carbonyl (C=O) groups excluding carboxylic acids is 2. The minimum atomic E-state index is -1.21. The molecule has 9 heteroatoms. The molecule has 2 fully saturated rings. The summed E-state index contributed by atoms with van der Waals surface area (Å²) in [5.74, 6) is 0. The van der Waals surface area contributed by atoms with Crippen LogP contribution in [0.25, 0.3) is 0 Å². The molecule has 0 aromatic carbocycles. The van der Waals surface area contributed by atoms with Crippen molar-refractivity contribution < 1.29 is 19.1 Å². The maximum Gasteiger partial charge on any atom is 0.409 e. The molecule has 0 aliphatic carbocycles. The van der Waals surface area contributed by atoms with E-state index in [9.17, 15) is 9.59 Å². The van der Waals surface area contributed by atoms with Crippen LogP contribution in [0.4, 0.5) is 9.59 Å². The molecule has 0 saturated carbocycles. The van der Waals surface area contributed by atoms with E-state index in [4.69, 9.17) is 9.47 Å². The third-order valence-electron chi connectivity index (χ3n) is 4.81. The van der Waals surface area contributed by atoms with Crippen molar-refractivity contribution in [1.29, 1.82) is 0 Å². The fourth-order valence-electron chi connectivity index (χ4n) is 3.36. The lowest BCUT2D eigenvalue weighted by atomic mass is 10.0. The zero-order valence-electron chi connectivity index (χ0n) is 18.3. The van der Waals surface area contributed by atoms with Gasteiger partial charge in [-0.05, 0) is 17.1 Å². The Balaban J connectivity index is 1.73. The minimum absolute atomic E-state index is 0.0704. The molecule has 2 amide bonds. The summed E-state index contributed by atoms with van der Waals surface area (Å²) in [7, 11) is -0.431. The molecule has 2 rings (SSSR count). The zero-order chi connectivity index (χ0) is 20.9. The molecule has 0 aromatic rings. The fourth-order valence-corrected chi connectivity index (χ4v) is 5.03. The number of piperazine rings is 2. The van der Waals surface area contributed by atoms with E-state index in [1.165, 1.54) is 0 Å². The summed E-state index contributed by atoms with van der Waals surface area (Å²) >= 11 is 0. The van der Waals surface area contributed by atoms with Crippen molar-refractivity contribution in [3.8, 4) is 0 Å². The van der Waals surface area contributed by atoms with Gasteiger partial charge in [0, 0.05) is 55.9 Å². The predicted molar refractivity (Wildman–Crippen MR) is 115 cm³/mol. The van der Waals surface area contributed by atoms with Gasteiger partial charge in [0.1, 0.15) is 0 Å². The largest absolute Gasteiger partial charge is 0.450 e. The minimum Gasteiger partial charge on any atom is -0.450 e. The van der Waals surface area contributed by atoms with Gasteiger partial charge in [0.25, 0.3) is 0 Å². The Hall–Kier alpha value is -1.07. The molecule has 2 heterocycles. The molecule has 0 spiro atoms. The molecule has 2 saturated heterocycles. The van der Waals surface area contributed by atoms with E-state index in [1.807, 2.05) is 0 Å². The number of carbonyl (C=O) groups is 2. The van der Waals surface area contributed by atoms with Crippen LogP contribution in [0.2, 0.25) is 36.8 Å². The molecule has 1 N–H and O–H groups in total. The van der Waals surface area contributed by atoms with Crippen molar-refractivity contribution in [1.82, 2.24) is 15.1 Å². The number of nitrogens with zero attached hydrogens (tertiary/aromatic N) is 2. The normalized spacial score (nSPS) is 22.8. The number of fused-ring (bicyclic) bond motifs is 2. The SMILES string of the molecule is CC(C)(C)[Si]CCOC(=O)N1CC2CN(C(=O)OCC[Si](C)(C)C)CC(C1)N2. The Morgan fingerprint density at radius 1 is 0.964 bits per heavy atom. The Bertz CT molecular complexity index is 534. The van der Waals surface area contributed by atoms with Crippen LogP contribution in [-0.4, -0.2) is 91.1 Å². The lowest BCUT2D eigenvalue weighted by Gasteiger charge is -2.45. The second-order valence-corrected chi connectivity index (χ2v) is 18.1. The highest BCUT2D eigenvalue weighted by molar-refractivity contribution is 6.76. The van der Waals surface area contributed by atoms with Gasteiger partial charge in [-0.1, -0.05) is 40.4 Å². The number of rotatable bonds is 6. The molecule has 2 unspecified atom stereocenters. The third-order valence-corrected chi connectivity index (χ3v) is 8.03. The number of ether oxygens (including phenoxy) is 2. The Morgan fingerprint density at radius 3 is 1.86 bits per heavy atom. The van der Waals surface area contributed by atoms with Crippen LogP contribution in [-0.2, 0) is 9.47 Å². The van der Waals surface area contributed by atoms with Gasteiger partial charge in [0.15, 0.2) is 0 Å². The number of hydrogen-bond donors (Lipinski definition) is 1. The zero-order valence-corrected chi connectivity index (χ0v) is 20.3. The van der Waals surface area contributed by atoms with Gasteiger partial charge in [0.05, 0.1) is 13.2 Å². The molecular weight excluding hydrogens is 390 g/mol. The van der Waals surface area contributed by atoms with Crippen LogP contribution >= 0.6 is 0 Å². The average molecular weight is 428 g/mol. The summed E-state index contributed by atoms with van der Waals surface area (Å²) in [4.78, 5) is 28.3. The molecule has 2 bridgehead atoms. The van der Waals surface area contributed by atoms with Gasteiger partial charge in [-0.25, -0.2) is 9.59 Å². The maximum atomic E-state index is 12.4. The fraction of sp³-hybridized carbons (Fsp3) is 0.895. The number of nitrogens with one attached hydrogen (secondary N) is 1. The highest BCUT2D eigenvalue weighted by Crippen LogP contribution is 2.21. The van der Waals surface area contributed by atoms with Crippen molar-refractivity contribution in [2.45, 2.75) is 69.6 Å². The first-order chi connectivity index (χ1) is 12.9.